The number of carboxylic acid groups (broad SMARTS) is 1. The number of nitrogens with zero attached hydrogens (tertiary/aromatic N) is 1. The molecule has 3 amide bonds. The van der Waals surface area contributed by atoms with Gasteiger partial charge >= 0.3 is 12.1 Å². The number of carboxylic acids is 1. The Bertz CT molecular complexity index is 2010. The maximum atomic E-state index is 14.5. The van der Waals surface area contributed by atoms with Crippen LogP contribution in [-0.2, 0) is 36.7 Å². The van der Waals surface area contributed by atoms with E-state index in [-0.39, 0.29) is 43.9 Å². The molecule has 3 aliphatic rings. The summed E-state index contributed by atoms with van der Waals surface area (Å²) < 4.78 is 11.2. The van der Waals surface area contributed by atoms with Crippen LogP contribution in [-0.4, -0.2) is 78.9 Å². The quantitative estimate of drug-likeness (QED) is 0.138. The van der Waals surface area contributed by atoms with Gasteiger partial charge in [-0.05, 0) is 89.1 Å². The van der Waals surface area contributed by atoms with Crippen molar-refractivity contribution >= 4 is 35.5 Å². The van der Waals surface area contributed by atoms with E-state index in [1.54, 1.807) is 17.0 Å². The van der Waals surface area contributed by atoms with Crippen molar-refractivity contribution in [2.45, 2.75) is 61.9 Å². The largest absolute Gasteiger partial charge is 0.481 e. The highest BCUT2D eigenvalue weighted by Gasteiger charge is 2.44. The number of alkyl carbamates (subject to hydrolysis) is 1. The van der Waals surface area contributed by atoms with E-state index >= 15 is 0 Å². The van der Waals surface area contributed by atoms with Crippen LogP contribution in [0.5, 0.6) is 0 Å². The molecule has 0 spiro atoms. The summed E-state index contributed by atoms with van der Waals surface area (Å²) in [5, 5.41) is 16.5. The molecule has 3 unspecified atom stereocenters. The molecule has 2 aliphatic carbocycles. The molecule has 10 nitrogen and oxygen atoms in total. The fourth-order valence-electron chi connectivity index (χ4n) is 8.92. The van der Waals surface area contributed by atoms with Crippen molar-refractivity contribution in [1.82, 2.24) is 15.5 Å². The third-order valence-electron chi connectivity index (χ3n) is 11.4. The molecule has 4 atom stereocenters. The fourth-order valence-corrected chi connectivity index (χ4v) is 9.04. The summed E-state index contributed by atoms with van der Waals surface area (Å²) in [6, 6.07) is 30.3. The van der Waals surface area contributed by atoms with E-state index in [0.717, 1.165) is 45.4 Å². The van der Waals surface area contributed by atoms with Crippen LogP contribution in [0.1, 0.15) is 65.3 Å². The lowest BCUT2D eigenvalue weighted by molar-refractivity contribution is -0.147. The average Bonchev–Trinajstić information content (AvgIpc) is 3.76. The van der Waals surface area contributed by atoms with Crippen molar-refractivity contribution in [1.29, 1.82) is 0 Å². The highest BCUT2D eigenvalue weighted by atomic mass is 35.5. The van der Waals surface area contributed by atoms with E-state index in [1.807, 2.05) is 72.8 Å². The minimum absolute atomic E-state index is 0.0851. The van der Waals surface area contributed by atoms with Crippen LogP contribution in [0, 0.1) is 5.92 Å². The number of hydrogen-bond donors (Lipinski definition) is 3. The first-order valence-electron chi connectivity index (χ1n) is 18.9. The number of aryl methyl sites for hydroxylation is 1. The molecule has 0 radical (unpaired) electrons. The van der Waals surface area contributed by atoms with Crippen LogP contribution in [0.15, 0.2) is 97.1 Å². The first-order valence-corrected chi connectivity index (χ1v) is 19.3. The summed E-state index contributed by atoms with van der Waals surface area (Å²) in [7, 11) is 1.45. The van der Waals surface area contributed by atoms with Crippen LogP contribution in [0.3, 0.4) is 0 Å². The second-order valence-corrected chi connectivity index (χ2v) is 15.4. The van der Waals surface area contributed by atoms with Crippen molar-refractivity contribution in [2.24, 2.45) is 5.92 Å². The first kappa shape index (κ1) is 38.1. The van der Waals surface area contributed by atoms with Gasteiger partial charge in [-0.15, -0.1) is 0 Å². The van der Waals surface area contributed by atoms with Gasteiger partial charge in [0.1, 0.15) is 12.6 Å². The molecule has 1 fully saturated rings. The van der Waals surface area contributed by atoms with Gasteiger partial charge < -0.3 is 30.1 Å². The number of rotatable bonds is 13. The first-order chi connectivity index (χ1) is 26.6. The Balaban J connectivity index is 1.09. The van der Waals surface area contributed by atoms with E-state index in [4.69, 9.17) is 21.1 Å². The number of methoxy groups -OCH3 is 1. The number of carbonyl (C=O) groups is 4. The number of nitrogens with one attached hydrogen (secondary N) is 2. The van der Waals surface area contributed by atoms with Gasteiger partial charge in [0.2, 0.25) is 11.8 Å². The lowest BCUT2D eigenvalue weighted by Crippen LogP contribution is -2.64. The summed E-state index contributed by atoms with van der Waals surface area (Å²) in [4.78, 5) is 55.9. The molecule has 4 aromatic rings. The van der Waals surface area contributed by atoms with Crippen molar-refractivity contribution in [3.05, 3.63) is 130 Å². The minimum Gasteiger partial charge on any atom is -0.481 e. The van der Waals surface area contributed by atoms with E-state index in [1.165, 1.54) is 7.11 Å². The molecule has 11 heteroatoms. The van der Waals surface area contributed by atoms with E-state index in [9.17, 15) is 24.3 Å². The van der Waals surface area contributed by atoms with Crippen LogP contribution in [0.4, 0.5) is 4.79 Å². The fraction of sp³-hybridized carbons (Fsp3) is 0.364. The molecule has 1 aliphatic heterocycles. The third-order valence-corrected chi connectivity index (χ3v) is 11.6. The molecular formula is C44H46ClN3O7. The van der Waals surface area contributed by atoms with E-state index in [0.29, 0.717) is 37.3 Å². The van der Waals surface area contributed by atoms with Crippen LogP contribution < -0.4 is 10.6 Å². The molecular weight excluding hydrogens is 718 g/mol. The SMILES string of the molecule is COCC(NC(=O)OCC1c2ccccc2-c2ccccc21)C(=O)NC1(Cc2ccc(Cl)cc2)CCCN(C(=O)C(CC(=O)O)[C@H]2CCc3ccccc32)C1. The highest BCUT2D eigenvalue weighted by molar-refractivity contribution is 6.30. The zero-order chi connectivity index (χ0) is 38.5. The number of fused-ring (bicyclic) bond motifs is 4. The number of piperidine rings is 1. The topological polar surface area (TPSA) is 134 Å². The van der Waals surface area contributed by atoms with Crippen molar-refractivity contribution < 1.29 is 33.8 Å². The van der Waals surface area contributed by atoms with Gasteiger partial charge in [0.15, 0.2) is 0 Å². The highest BCUT2D eigenvalue weighted by Crippen LogP contribution is 2.45. The summed E-state index contributed by atoms with van der Waals surface area (Å²) in [5.74, 6) is -2.85. The van der Waals surface area contributed by atoms with Gasteiger partial charge in [0.05, 0.1) is 24.5 Å². The number of aliphatic carboxylic acids is 1. The smallest absolute Gasteiger partial charge is 0.407 e. The molecule has 0 aromatic heterocycles. The van der Waals surface area contributed by atoms with Crippen LogP contribution >= 0.6 is 11.6 Å². The van der Waals surface area contributed by atoms with Gasteiger partial charge in [0.25, 0.3) is 0 Å². The summed E-state index contributed by atoms with van der Waals surface area (Å²) in [5.41, 5.74) is 6.51. The summed E-state index contributed by atoms with van der Waals surface area (Å²) in [6.07, 6.45) is 1.95. The normalized spacial score (nSPS) is 19.7. The molecule has 286 valence electrons. The average molecular weight is 764 g/mol. The maximum Gasteiger partial charge on any atom is 0.407 e. The monoisotopic (exact) mass is 763 g/mol. The third kappa shape index (κ3) is 8.40. The van der Waals surface area contributed by atoms with Crippen LogP contribution in [0.2, 0.25) is 5.02 Å². The minimum atomic E-state index is -1.09. The molecule has 0 bridgehead atoms. The Morgan fingerprint density at radius 3 is 2.24 bits per heavy atom. The Hall–Kier alpha value is -5.19. The zero-order valence-electron chi connectivity index (χ0n) is 30.8. The zero-order valence-corrected chi connectivity index (χ0v) is 31.6. The number of halogens is 1. The van der Waals surface area contributed by atoms with Gasteiger partial charge in [-0.25, -0.2) is 4.79 Å². The molecule has 1 heterocycles. The number of hydrogen-bond acceptors (Lipinski definition) is 6. The van der Waals surface area contributed by atoms with Crippen molar-refractivity contribution in [3.8, 4) is 11.1 Å². The van der Waals surface area contributed by atoms with E-state index < -0.39 is 35.5 Å². The maximum absolute atomic E-state index is 14.5. The lowest BCUT2D eigenvalue weighted by atomic mass is 9.80. The number of likely N-dealkylation sites (tertiary alicyclic amines) is 1. The van der Waals surface area contributed by atoms with Gasteiger partial charge in [0, 0.05) is 31.1 Å². The Kier molecular flexibility index (Phi) is 11.5. The molecule has 55 heavy (non-hydrogen) atoms. The summed E-state index contributed by atoms with van der Waals surface area (Å²) in [6.45, 7) is 0.565. The second kappa shape index (κ2) is 16.7. The van der Waals surface area contributed by atoms with Crippen LogP contribution in [0.25, 0.3) is 11.1 Å². The number of carbonyl (C=O) groups excluding carboxylic acids is 3. The molecule has 4 aromatic carbocycles. The Morgan fingerprint density at radius 2 is 1.56 bits per heavy atom. The molecule has 1 saturated heterocycles. The molecule has 0 saturated carbocycles. The lowest BCUT2D eigenvalue weighted by Gasteiger charge is -2.45. The number of benzene rings is 4. The second-order valence-electron chi connectivity index (χ2n) is 15.0. The van der Waals surface area contributed by atoms with Crippen molar-refractivity contribution in [2.75, 3.05) is 33.4 Å². The standard InChI is InChI=1S/C44H46ClN3O7/c1-54-26-39(46-43(53)55-25-38-34-13-6-4-11-32(34)33-12-5-7-14-35(33)38)41(51)47-44(24-28-15-18-30(45)19-16-28)21-8-22-48(27-44)42(52)37(23-40(49)50)36-20-17-29-9-2-3-10-31(29)36/h2-7,9-16,18-19,36-39H,8,17,20-27H2,1H3,(H,46,53)(H,47,51)(H,49,50)/t36-,37?,39?,44?/m0/s1. The van der Waals surface area contributed by atoms with Gasteiger partial charge in [-0.1, -0.05) is 96.5 Å². The predicted molar refractivity (Wildman–Crippen MR) is 209 cm³/mol. The predicted octanol–water partition coefficient (Wildman–Crippen LogP) is 6.73. The number of ether oxygens (including phenoxy) is 2. The number of amides is 3. The van der Waals surface area contributed by atoms with Gasteiger partial charge in [-0.2, -0.15) is 0 Å². The van der Waals surface area contributed by atoms with Crippen molar-refractivity contribution in [3.63, 3.8) is 0 Å². The molecule has 3 N–H and O–H groups in total. The Labute approximate surface area is 326 Å². The Morgan fingerprint density at radius 1 is 0.909 bits per heavy atom. The molecule has 7 rings (SSSR count). The summed E-state index contributed by atoms with van der Waals surface area (Å²) >= 11 is 6.22. The van der Waals surface area contributed by atoms with E-state index in [2.05, 4.69) is 22.8 Å². The van der Waals surface area contributed by atoms with Gasteiger partial charge in [-0.3, -0.25) is 14.4 Å².